The zero-order valence-corrected chi connectivity index (χ0v) is 22.5. The molecule has 0 bridgehead atoms. The highest BCUT2D eigenvalue weighted by atomic mass is 35.5. The monoisotopic (exact) mass is 561 g/mol. The summed E-state index contributed by atoms with van der Waals surface area (Å²) in [6, 6.07) is 11.6. The molecule has 1 aliphatic rings. The minimum atomic E-state index is -0.958. The minimum Gasteiger partial charge on any atom is -1.00 e. The van der Waals surface area contributed by atoms with Crippen LogP contribution in [0.5, 0.6) is 0 Å². The standard InChI is InChI=1S/C25H20FN3O3S3.ClH/c1-3-29-21(13-20-28(10-11-33-20)14-15-6-4-5-7-17(15)25(31)32)35-22(23(29)30)24-27(2)18-9-8-16(26)12-19(18)34-24;/h4-13H,3,14H2,1-2H3;1H/b24-22+;. The fourth-order valence-corrected chi connectivity index (χ4v) is 7.35. The van der Waals surface area contributed by atoms with Crippen molar-refractivity contribution in [3.63, 3.8) is 0 Å². The Kier molecular flexibility index (Phi) is 7.70. The van der Waals surface area contributed by atoms with Gasteiger partial charge in [0.1, 0.15) is 20.0 Å². The van der Waals surface area contributed by atoms with Crippen molar-refractivity contribution in [1.29, 1.82) is 0 Å². The third-order valence-electron chi connectivity index (χ3n) is 5.77. The number of aromatic carboxylic acids is 1. The third-order valence-corrected chi connectivity index (χ3v) is 9.08. The van der Waals surface area contributed by atoms with Crippen LogP contribution in [-0.4, -0.2) is 22.7 Å². The molecule has 0 saturated carbocycles. The number of carboxylic acid groups (broad SMARTS) is 1. The van der Waals surface area contributed by atoms with Gasteiger partial charge in [0.25, 0.3) is 10.6 Å². The number of hydrogen-bond donors (Lipinski definition) is 1. The molecule has 1 N–H and O–H groups in total. The van der Waals surface area contributed by atoms with E-state index < -0.39 is 5.97 Å². The number of anilines is 1. The molecule has 0 saturated heterocycles. The summed E-state index contributed by atoms with van der Waals surface area (Å²) in [4.78, 5) is 27.7. The van der Waals surface area contributed by atoms with E-state index in [1.54, 1.807) is 22.8 Å². The van der Waals surface area contributed by atoms with Gasteiger partial charge in [-0.1, -0.05) is 41.3 Å². The second-order valence-electron chi connectivity index (χ2n) is 7.87. The van der Waals surface area contributed by atoms with Crippen molar-refractivity contribution >= 4 is 57.2 Å². The number of thioether (sulfide) groups is 1. The zero-order valence-electron chi connectivity index (χ0n) is 19.3. The summed E-state index contributed by atoms with van der Waals surface area (Å²) in [5.74, 6) is -1.26. The number of hydrogen-bond acceptors (Lipinski definition) is 6. The number of aromatic nitrogens is 2. The molecule has 0 aliphatic carbocycles. The van der Waals surface area contributed by atoms with Crippen molar-refractivity contribution in [1.82, 2.24) is 4.57 Å². The predicted octanol–water partition coefficient (Wildman–Crippen LogP) is 0.305. The molecule has 11 heteroatoms. The Morgan fingerprint density at radius 2 is 2.00 bits per heavy atom. The molecule has 2 aromatic heterocycles. The summed E-state index contributed by atoms with van der Waals surface area (Å²) >= 11 is 4.34. The van der Waals surface area contributed by atoms with Crippen molar-refractivity contribution in [2.75, 3.05) is 11.9 Å². The zero-order chi connectivity index (χ0) is 24.7. The van der Waals surface area contributed by atoms with Crippen LogP contribution in [0.25, 0.3) is 11.1 Å². The van der Waals surface area contributed by atoms with Crippen molar-refractivity contribution < 1.29 is 31.3 Å². The van der Waals surface area contributed by atoms with Gasteiger partial charge in [0.05, 0.1) is 22.7 Å². The maximum absolute atomic E-state index is 13.8. The molecular formula is C25H21ClFN3O3S3. The van der Waals surface area contributed by atoms with Crippen molar-refractivity contribution in [3.8, 4) is 0 Å². The average Bonchev–Trinajstić information content (AvgIpc) is 3.50. The maximum atomic E-state index is 13.8. The number of halogens is 2. The lowest BCUT2D eigenvalue weighted by atomic mass is 10.1. The van der Waals surface area contributed by atoms with Crippen LogP contribution in [0.1, 0.15) is 27.9 Å². The highest BCUT2D eigenvalue weighted by Crippen LogP contribution is 2.45. The van der Waals surface area contributed by atoms with Crippen molar-refractivity contribution in [2.24, 2.45) is 0 Å². The van der Waals surface area contributed by atoms with Crippen molar-refractivity contribution in [2.45, 2.75) is 24.9 Å². The Bertz CT molecular complexity index is 1640. The van der Waals surface area contributed by atoms with E-state index in [1.165, 1.54) is 46.6 Å². The van der Waals surface area contributed by atoms with Crippen LogP contribution in [0.2, 0.25) is 0 Å². The van der Waals surface area contributed by atoms with Gasteiger partial charge in [-0.2, -0.15) is 4.57 Å². The SMILES string of the molecule is CCn1c(=O)/c(=C2\Sc3cc(F)ccc3N2C)s/c1=C\c1scc[n+]1Cc1ccccc1C(=O)O.[Cl-]. The fraction of sp³-hybridized carbons (Fsp3) is 0.160. The van der Waals surface area contributed by atoms with Gasteiger partial charge in [0.15, 0.2) is 12.7 Å². The Morgan fingerprint density at radius 3 is 2.75 bits per heavy atom. The minimum absolute atomic E-state index is 0. The highest BCUT2D eigenvalue weighted by molar-refractivity contribution is 8.08. The van der Waals surface area contributed by atoms with Crippen LogP contribution in [-0.2, 0) is 13.1 Å². The predicted molar refractivity (Wildman–Crippen MR) is 138 cm³/mol. The molecule has 0 atom stereocenters. The maximum Gasteiger partial charge on any atom is 0.336 e. The molecule has 0 amide bonds. The van der Waals surface area contributed by atoms with Gasteiger partial charge in [-0.3, -0.25) is 9.36 Å². The molecule has 0 fully saturated rings. The molecule has 4 aromatic rings. The number of fused-ring (bicyclic) bond motifs is 1. The van der Waals surface area contributed by atoms with Crippen LogP contribution in [0.15, 0.2) is 63.7 Å². The number of rotatable bonds is 5. The van der Waals surface area contributed by atoms with E-state index in [0.717, 1.165) is 25.3 Å². The first-order valence-corrected chi connectivity index (χ1v) is 13.3. The van der Waals surface area contributed by atoms with Gasteiger partial charge >= 0.3 is 5.97 Å². The number of thiazole rings is 2. The van der Waals surface area contributed by atoms with Gasteiger partial charge in [-0.05, 0) is 31.2 Å². The quantitative estimate of drug-likeness (QED) is 0.355. The molecule has 186 valence electrons. The Balaban J connectivity index is 0.00000304. The molecule has 0 radical (unpaired) electrons. The summed E-state index contributed by atoms with van der Waals surface area (Å²) in [5, 5.41) is 13.2. The molecular weight excluding hydrogens is 541 g/mol. The molecule has 0 unspecified atom stereocenters. The van der Waals surface area contributed by atoms with E-state index in [9.17, 15) is 19.1 Å². The van der Waals surface area contributed by atoms with Crippen LogP contribution in [0, 0.1) is 5.82 Å². The van der Waals surface area contributed by atoms with E-state index in [1.807, 2.05) is 53.2 Å². The van der Waals surface area contributed by atoms with Gasteiger partial charge < -0.3 is 22.4 Å². The van der Waals surface area contributed by atoms with Crippen LogP contribution < -0.4 is 36.6 Å². The summed E-state index contributed by atoms with van der Waals surface area (Å²) in [6.07, 6.45) is 3.89. The van der Waals surface area contributed by atoms with Gasteiger partial charge in [0.2, 0.25) is 0 Å². The van der Waals surface area contributed by atoms with Crippen LogP contribution >= 0.6 is 34.4 Å². The first kappa shape index (κ1) is 26.2. The van der Waals surface area contributed by atoms with E-state index in [2.05, 4.69) is 0 Å². The van der Waals surface area contributed by atoms with Crippen molar-refractivity contribution in [3.05, 3.63) is 95.5 Å². The normalized spacial score (nSPS) is 14.6. The number of carbonyl (C=O) groups is 1. The Labute approximate surface area is 224 Å². The molecule has 3 heterocycles. The van der Waals surface area contributed by atoms with E-state index in [0.29, 0.717) is 23.2 Å². The first-order valence-electron chi connectivity index (χ1n) is 10.8. The summed E-state index contributed by atoms with van der Waals surface area (Å²) < 4.78 is 18.9. The molecule has 36 heavy (non-hydrogen) atoms. The third kappa shape index (κ3) is 4.73. The molecule has 2 aromatic carbocycles. The van der Waals surface area contributed by atoms with Crippen LogP contribution in [0.4, 0.5) is 10.1 Å². The van der Waals surface area contributed by atoms with Crippen LogP contribution in [0.3, 0.4) is 0 Å². The highest BCUT2D eigenvalue weighted by Gasteiger charge is 2.25. The second kappa shape index (κ2) is 10.6. The lowest BCUT2D eigenvalue weighted by molar-refractivity contribution is -0.685. The largest absolute Gasteiger partial charge is 1.00 e. The van der Waals surface area contributed by atoms with Gasteiger partial charge in [-0.15, -0.1) is 11.3 Å². The summed E-state index contributed by atoms with van der Waals surface area (Å²) in [5.41, 5.74) is 1.78. The molecule has 1 aliphatic heterocycles. The van der Waals surface area contributed by atoms with E-state index in [4.69, 9.17) is 0 Å². The Hall–Kier alpha value is -2.92. The molecule has 6 nitrogen and oxygen atoms in total. The van der Waals surface area contributed by atoms with E-state index >= 15 is 0 Å². The summed E-state index contributed by atoms with van der Waals surface area (Å²) in [6.45, 7) is 2.85. The molecule has 5 rings (SSSR count). The average molecular weight is 562 g/mol. The fourth-order valence-electron chi connectivity index (χ4n) is 4.01. The smallest absolute Gasteiger partial charge is 0.336 e. The van der Waals surface area contributed by atoms with E-state index in [-0.39, 0.29) is 29.3 Å². The lowest BCUT2D eigenvalue weighted by Gasteiger charge is -2.12. The Morgan fingerprint density at radius 1 is 1.22 bits per heavy atom. The first-order chi connectivity index (χ1) is 16.9. The molecule has 0 spiro atoms. The second-order valence-corrected chi connectivity index (χ2v) is 10.9. The van der Waals surface area contributed by atoms with Gasteiger partial charge in [-0.25, -0.2) is 9.18 Å². The lowest BCUT2D eigenvalue weighted by Crippen LogP contribution is -3.00. The topological polar surface area (TPSA) is 66.4 Å². The number of nitrogens with zero attached hydrogens (tertiary/aromatic N) is 3. The number of benzene rings is 2. The number of carboxylic acids is 1. The van der Waals surface area contributed by atoms with Gasteiger partial charge in [0, 0.05) is 24.1 Å². The summed E-state index contributed by atoms with van der Waals surface area (Å²) in [7, 11) is 1.89.